The smallest absolute Gasteiger partial charge is 0.345 e. The van der Waals surface area contributed by atoms with Crippen molar-refractivity contribution in [3.8, 4) is 29.1 Å². The Labute approximate surface area is 236 Å². The van der Waals surface area contributed by atoms with Crippen LogP contribution in [0, 0.1) is 18.3 Å². The molecule has 0 saturated carbocycles. The monoisotopic (exact) mass is 552 g/mol. The molecule has 1 atom stereocenters. The summed E-state index contributed by atoms with van der Waals surface area (Å²) in [6.07, 6.45) is 0. The molecule has 0 bridgehead atoms. The molecule has 0 radical (unpaired) electrons. The van der Waals surface area contributed by atoms with Gasteiger partial charge in [-0.15, -0.1) is 0 Å². The Balaban J connectivity index is 1.44. The van der Waals surface area contributed by atoms with Gasteiger partial charge in [0, 0.05) is 11.6 Å². The Morgan fingerprint density at radius 1 is 1.02 bits per heavy atom. The minimum Gasteiger partial charge on any atom is -0.493 e. The fourth-order valence-electron chi connectivity index (χ4n) is 4.46. The van der Waals surface area contributed by atoms with Crippen LogP contribution in [-0.4, -0.2) is 13.1 Å². The molecule has 0 fully saturated rings. The molecular formula is C32H25ClN2O5. The van der Waals surface area contributed by atoms with Crippen LogP contribution in [0.3, 0.4) is 0 Å². The van der Waals surface area contributed by atoms with Crippen molar-refractivity contribution in [1.82, 2.24) is 0 Å². The Morgan fingerprint density at radius 3 is 2.52 bits per heavy atom. The van der Waals surface area contributed by atoms with Gasteiger partial charge in [0.05, 0.1) is 23.6 Å². The summed E-state index contributed by atoms with van der Waals surface area (Å²) in [6, 6.07) is 27.3. The van der Waals surface area contributed by atoms with Crippen LogP contribution in [0.15, 0.2) is 96.4 Å². The molecule has 5 rings (SSSR count). The molecule has 0 aromatic heterocycles. The minimum atomic E-state index is -0.606. The van der Waals surface area contributed by atoms with Crippen LogP contribution in [0.4, 0.5) is 0 Å². The maximum atomic E-state index is 12.7. The highest BCUT2D eigenvalue weighted by Gasteiger charge is 2.32. The minimum absolute atomic E-state index is 0.0340. The zero-order valence-electron chi connectivity index (χ0n) is 21.8. The Morgan fingerprint density at radius 2 is 1.80 bits per heavy atom. The average molecular weight is 553 g/mol. The van der Waals surface area contributed by atoms with E-state index in [9.17, 15) is 10.1 Å². The second-order valence-electron chi connectivity index (χ2n) is 9.18. The predicted molar refractivity (Wildman–Crippen MR) is 151 cm³/mol. The number of hydrogen-bond acceptors (Lipinski definition) is 7. The number of ether oxygens (including phenoxy) is 4. The maximum Gasteiger partial charge on any atom is 0.345 e. The van der Waals surface area contributed by atoms with Crippen LogP contribution in [-0.2, 0) is 6.61 Å². The number of carbonyl (C=O) groups excluding carboxylic acids is 1. The molecule has 0 amide bonds. The van der Waals surface area contributed by atoms with Crippen LogP contribution >= 0.6 is 11.6 Å². The number of rotatable bonds is 7. The van der Waals surface area contributed by atoms with Crippen LogP contribution in [0.25, 0.3) is 0 Å². The van der Waals surface area contributed by atoms with Crippen molar-refractivity contribution in [3.63, 3.8) is 0 Å². The van der Waals surface area contributed by atoms with Gasteiger partial charge in [0.25, 0.3) is 0 Å². The highest BCUT2D eigenvalue weighted by molar-refractivity contribution is 6.33. The molecular weight excluding hydrogens is 528 g/mol. The van der Waals surface area contributed by atoms with E-state index < -0.39 is 11.9 Å². The van der Waals surface area contributed by atoms with Gasteiger partial charge in [-0.25, -0.2) is 4.79 Å². The van der Waals surface area contributed by atoms with Crippen LogP contribution < -0.4 is 24.7 Å². The molecule has 1 aliphatic rings. The van der Waals surface area contributed by atoms with Crippen LogP contribution in [0.2, 0.25) is 5.02 Å². The van der Waals surface area contributed by atoms with Crippen molar-refractivity contribution < 1.29 is 23.7 Å². The van der Waals surface area contributed by atoms with Gasteiger partial charge in [0.15, 0.2) is 11.5 Å². The van der Waals surface area contributed by atoms with Crippen molar-refractivity contribution in [2.24, 2.45) is 5.73 Å². The fourth-order valence-corrected chi connectivity index (χ4v) is 4.67. The first-order chi connectivity index (χ1) is 19.4. The van der Waals surface area contributed by atoms with Gasteiger partial charge in [-0.1, -0.05) is 65.7 Å². The van der Waals surface area contributed by atoms with Gasteiger partial charge < -0.3 is 24.7 Å². The number of nitrogens with two attached hydrogens (primary N) is 1. The van der Waals surface area contributed by atoms with E-state index in [1.807, 2.05) is 49.4 Å². The fraction of sp³-hybridized carbons (Fsp3) is 0.125. The number of benzene rings is 4. The van der Waals surface area contributed by atoms with Gasteiger partial charge in [-0.3, -0.25) is 0 Å². The standard InChI is InChI=1S/C32H25ClN2O5/c1-19-7-9-20(10-8-19)18-38-27-14-11-21(15-29(27)37-2)30-24-13-12-22(16-28(24)40-31(35)25(30)17-34)39-32(36)23-5-3-4-6-26(23)33/h3-16,30H,18,35H2,1-2H3. The van der Waals surface area contributed by atoms with E-state index in [0.717, 1.165) is 11.1 Å². The topological polar surface area (TPSA) is 104 Å². The predicted octanol–water partition coefficient (Wildman–Crippen LogP) is 6.67. The lowest BCUT2D eigenvalue weighted by molar-refractivity contribution is 0.0734. The zero-order valence-corrected chi connectivity index (χ0v) is 22.6. The SMILES string of the molecule is COc1cc(C2C(C#N)=C(N)Oc3cc(OC(=O)c4ccccc4Cl)ccc32)ccc1OCc1ccc(C)cc1. The summed E-state index contributed by atoms with van der Waals surface area (Å²) in [7, 11) is 1.56. The molecule has 40 heavy (non-hydrogen) atoms. The molecule has 1 heterocycles. The van der Waals surface area contributed by atoms with Crippen molar-refractivity contribution in [2.45, 2.75) is 19.4 Å². The van der Waals surface area contributed by atoms with Crippen molar-refractivity contribution in [2.75, 3.05) is 7.11 Å². The maximum absolute atomic E-state index is 12.7. The van der Waals surface area contributed by atoms with E-state index in [1.54, 1.807) is 49.6 Å². The summed E-state index contributed by atoms with van der Waals surface area (Å²) in [4.78, 5) is 12.7. The molecule has 200 valence electrons. The van der Waals surface area contributed by atoms with Crippen LogP contribution in [0.5, 0.6) is 23.0 Å². The lowest BCUT2D eigenvalue weighted by Crippen LogP contribution is -2.21. The van der Waals surface area contributed by atoms with E-state index in [0.29, 0.717) is 29.4 Å². The highest BCUT2D eigenvalue weighted by atomic mass is 35.5. The van der Waals surface area contributed by atoms with E-state index in [1.165, 1.54) is 5.56 Å². The summed E-state index contributed by atoms with van der Waals surface area (Å²) in [5, 5.41) is 10.2. The summed E-state index contributed by atoms with van der Waals surface area (Å²) in [6.45, 7) is 2.41. The summed E-state index contributed by atoms with van der Waals surface area (Å²) >= 11 is 6.13. The van der Waals surface area contributed by atoms with E-state index in [2.05, 4.69) is 6.07 Å². The van der Waals surface area contributed by atoms with Crippen LogP contribution in [0.1, 0.15) is 38.5 Å². The molecule has 4 aromatic rings. The lowest BCUT2D eigenvalue weighted by atomic mass is 9.83. The summed E-state index contributed by atoms with van der Waals surface area (Å²) in [5.41, 5.74) is 10.3. The first kappa shape index (κ1) is 26.7. The molecule has 4 aromatic carbocycles. The Bertz CT molecular complexity index is 1660. The van der Waals surface area contributed by atoms with Gasteiger partial charge >= 0.3 is 5.97 Å². The zero-order chi connectivity index (χ0) is 28.2. The molecule has 0 aliphatic carbocycles. The lowest BCUT2D eigenvalue weighted by Gasteiger charge is -2.27. The van der Waals surface area contributed by atoms with E-state index in [4.69, 9.17) is 36.3 Å². The normalized spacial score (nSPS) is 14.0. The number of halogens is 1. The van der Waals surface area contributed by atoms with Gasteiger partial charge in [-0.05, 0) is 48.4 Å². The number of nitrogens with zero attached hydrogens (tertiary/aromatic N) is 1. The molecule has 2 N–H and O–H groups in total. The number of methoxy groups -OCH3 is 1. The number of carbonyl (C=O) groups is 1. The third-order valence-electron chi connectivity index (χ3n) is 6.53. The second kappa shape index (κ2) is 11.4. The number of hydrogen-bond donors (Lipinski definition) is 1. The van der Waals surface area contributed by atoms with Gasteiger partial charge in [-0.2, -0.15) is 5.26 Å². The second-order valence-corrected chi connectivity index (χ2v) is 9.59. The molecule has 8 heteroatoms. The van der Waals surface area contributed by atoms with Gasteiger partial charge in [0.1, 0.15) is 29.7 Å². The summed E-state index contributed by atoms with van der Waals surface area (Å²) < 4.78 is 23.0. The van der Waals surface area contributed by atoms with Crippen molar-refractivity contribution >= 4 is 17.6 Å². The van der Waals surface area contributed by atoms with E-state index >= 15 is 0 Å². The van der Waals surface area contributed by atoms with Gasteiger partial charge in [0.2, 0.25) is 5.88 Å². The van der Waals surface area contributed by atoms with Crippen molar-refractivity contribution in [1.29, 1.82) is 5.26 Å². The Kier molecular flexibility index (Phi) is 7.63. The number of fused-ring (bicyclic) bond motifs is 1. The van der Waals surface area contributed by atoms with E-state index in [-0.39, 0.29) is 27.8 Å². The first-order valence-corrected chi connectivity index (χ1v) is 12.8. The number of esters is 1. The number of allylic oxidation sites excluding steroid dienone is 1. The average Bonchev–Trinajstić information content (AvgIpc) is 2.96. The first-order valence-electron chi connectivity index (χ1n) is 12.4. The highest BCUT2D eigenvalue weighted by Crippen LogP contribution is 2.45. The summed E-state index contributed by atoms with van der Waals surface area (Å²) in [5.74, 6) is 0.508. The van der Waals surface area contributed by atoms with Crippen molar-refractivity contribution in [3.05, 3.63) is 129 Å². The third-order valence-corrected chi connectivity index (χ3v) is 6.86. The molecule has 1 aliphatic heterocycles. The number of aryl methyl sites for hydroxylation is 1. The molecule has 0 saturated heterocycles. The third kappa shape index (κ3) is 5.44. The molecule has 7 nitrogen and oxygen atoms in total. The number of nitriles is 1. The Hall–Kier alpha value is -4.93. The molecule has 0 spiro atoms. The molecule has 1 unspecified atom stereocenters. The quantitative estimate of drug-likeness (QED) is 0.201. The largest absolute Gasteiger partial charge is 0.493 e.